The molecule has 4 rings (SSSR count). The highest BCUT2D eigenvalue weighted by Gasteiger charge is 2.29. The van der Waals surface area contributed by atoms with Crippen LogP contribution in [0.1, 0.15) is 18.4 Å². The zero-order valence-electron chi connectivity index (χ0n) is 15.3. The summed E-state index contributed by atoms with van der Waals surface area (Å²) in [7, 11) is 2.15. The van der Waals surface area contributed by atoms with Gasteiger partial charge in [-0.05, 0) is 81.4 Å². The van der Waals surface area contributed by atoms with E-state index in [-0.39, 0.29) is 0 Å². The molecule has 0 N–H and O–H groups in total. The molecule has 1 fully saturated rings. The van der Waals surface area contributed by atoms with Crippen molar-refractivity contribution in [2.45, 2.75) is 25.3 Å². The average molecular weight is 388 g/mol. The van der Waals surface area contributed by atoms with Gasteiger partial charge in [0.2, 0.25) is 0 Å². The van der Waals surface area contributed by atoms with Crippen LogP contribution in [0.15, 0.2) is 42.5 Å². The van der Waals surface area contributed by atoms with Crippen molar-refractivity contribution in [2.75, 3.05) is 35.9 Å². The molecule has 1 atom stereocenters. The van der Waals surface area contributed by atoms with E-state index >= 15 is 0 Å². The normalized spacial score (nSPS) is 19.1. The molecule has 0 spiro atoms. The van der Waals surface area contributed by atoms with Crippen molar-refractivity contribution >= 4 is 28.3 Å². The Hall–Kier alpha value is -1.96. The predicted octanol–water partition coefficient (Wildman–Crippen LogP) is 3.21. The lowest BCUT2D eigenvalue weighted by Crippen LogP contribution is -2.43. The third kappa shape index (κ3) is 3.72. The van der Waals surface area contributed by atoms with Gasteiger partial charge in [0.05, 0.1) is 22.6 Å². The number of likely N-dealkylation sites (tertiary alicyclic amines) is 1. The van der Waals surface area contributed by atoms with Crippen LogP contribution < -0.4 is 9.21 Å². The fraction of sp³-hybridized carbons (Fsp3) is 0.400. The maximum absolute atomic E-state index is 13.2. The Morgan fingerprint density at radius 1 is 1.07 bits per heavy atom. The van der Waals surface area contributed by atoms with Gasteiger partial charge in [-0.15, -0.1) is 0 Å². The van der Waals surface area contributed by atoms with E-state index in [1.807, 2.05) is 18.2 Å². The number of fused-ring (bicyclic) bond motifs is 1. The van der Waals surface area contributed by atoms with E-state index in [4.69, 9.17) is 0 Å². The first-order valence-electron chi connectivity index (χ1n) is 9.26. The van der Waals surface area contributed by atoms with Crippen molar-refractivity contribution < 1.29 is 13.2 Å². The van der Waals surface area contributed by atoms with Crippen LogP contribution in [0.2, 0.25) is 0 Å². The van der Waals surface area contributed by atoms with Gasteiger partial charge < -0.3 is 14.4 Å². The maximum atomic E-state index is 13.2. The van der Waals surface area contributed by atoms with Crippen LogP contribution in [0.3, 0.4) is 0 Å². The number of piperidine rings is 1. The summed E-state index contributed by atoms with van der Waals surface area (Å²) in [5, 5.41) is 0. The van der Waals surface area contributed by atoms with Gasteiger partial charge >= 0.3 is 0 Å². The minimum absolute atomic E-state index is 0.391. The molecule has 0 aliphatic carbocycles. The van der Waals surface area contributed by atoms with E-state index in [1.54, 1.807) is 0 Å². The SMILES string of the molecule is CN1CCC(N2CCc3ccc(N(c4ccc(F)cc4)S(=O)[O-])cc32)CC1. The van der Waals surface area contributed by atoms with Crippen molar-refractivity contribution in [2.24, 2.45) is 0 Å². The van der Waals surface area contributed by atoms with Crippen LogP contribution in [0.5, 0.6) is 0 Å². The van der Waals surface area contributed by atoms with Crippen molar-refractivity contribution in [1.29, 1.82) is 0 Å². The molecule has 1 unspecified atom stereocenters. The number of hydrogen-bond donors (Lipinski definition) is 0. The Kier molecular flexibility index (Phi) is 5.16. The molecule has 2 aromatic carbocycles. The first kappa shape index (κ1) is 18.4. The zero-order valence-corrected chi connectivity index (χ0v) is 16.1. The monoisotopic (exact) mass is 388 g/mol. The fourth-order valence-electron chi connectivity index (χ4n) is 4.10. The lowest BCUT2D eigenvalue weighted by atomic mass is 10.0. The number of halogens is 1. The first-order chi connectivity index (χ1) is 13.0. The van der Waals surface area contributed by atoms with Crippen LogP contribution in [0.4, 0.5) is 21.5 Å². The second-order valence-corrected chi connectivity index (χ2v) is 8.08. The van der Waals surface area contributed by atoms with E-state index in [1.165, 1.54) is 34.1 Å². The molecular weight excluding hydrogens is 365 g/mol. The molecule has 27 heavy (non-hydrogen) atoms. The Morgan fingerprint density at radius 3 is 2.41 bits per heavy atom. The van der Waals surface area contributed by atoms with Crippen molar-refractivity contribution in [3.05, 3.63) is 53.8 Å². The average Bonchev–Trinajstić information content (AvgIpc) is 3.07. The van der Waals surface area contributed by atoms with Crippen molar-refractivity contribution in [3.63, 3.8) is 0 Å². The van der Waals surface area contributed by atoms with Gasteiger partial charge in [-0.25, -0.2) is 4.39 Å². The topological polar surface area (TPSA) is 49.8 Å². The molecule has 5 nitrogen and oxygen atoms in total. The van der Waals surface area contributed by atoms with Crippen LogP contribution in [-0.2, 0) is 17.7 Å². The lowest BCUT2D eigenvalue weighted by Gasteiger charge is -2.37. The van der Waals surface area contributed by atoms with Gasteiger partial charge in [-0.3, -0.25) is 8.51 Å². The largest absolute Gasteiger partial charge is 0.755 e. The maximum Gasteiger partial charge on any atom is 0.123 e. The van der Waals surface area contributed by atoms with Crippen LogP contribution >= 0.6 is 0 Å². The van der Waals surface area contributed by atoms with E-state index in [2.05, 4.69) is 16.8 Å². The zero-order chi connectivity index (χ0) is 19.0. The molecule has 0 saturated carbocycles. The molecule has 144 valence electrons. The Balaban J connectivity index is 1.65. The van der Waals surface area contributed by atoms with E-state index in [0.29, 0.717) is 17.4 Å². The Bertz CT molecular complexity index is 838. The summed E-state index contributed by atoms with van der Waals surface area (Å²) in [5.41, 5.74) is 3.38. The molecule has 7 heteroatoms. The molecular formula is C20H23FN3O2S-. The summed E-state index contributed by atoms with van der Waals surface area (Å²) in [6, 6.07) is 11.8. The van der Waals surface area contributed by atoms with Crippen molar-refractivity contribution in [1.82, 2.24) is 4.90 Å². The lowest BCUT2D eigenvalue weighted by molar-refractivity contribution is 0.251. The minimum atomic E-state index is -2.49. The summed E-state index contributed by atoms with van der Waals surface area (Å²) in [4.78, 5) is 4.78. The second-order valence-electron chi connectivity index (χ2n) is 7.28. The molecule has 0 bridgehead atoms. The van der Waals surface area contributed by atoms with Crippen LogP contribution in [0.25, 0.3) is 0 Å². The van der Waals surface area contributed by atoms with Gasteiger partial charge in [0.1, 0.15) is 5.82 Å². The highest BCUT2D eigenvalue weighted by Crippen LogP contribution is 2.37. The molecule has 0 radical (unpaired) electrons. The third-order valence-corrected chi connectivity index (χ3v) is 6.29. The molecule has 2 aromatic rings. The smallest absolute Gasteiger partial charge is 0.123 e. The molecule has 0 amide bonds. The third-order valence-electron chi connectivity index (χ3n) is 5.57. The highest BCUT2D eigenvalue weighted by molar-refractivity contribution is 7.81. The highest BCUT2D eigenvalue weighted by atomic mass is 32.2. The standard InChI is InChI=1S/C20H24FN3O2S/c1-22-11-9-17(10-12-22)23-13-8-15-2-5-19(14-20(15)23)24(27(25)26)18-6-3-16(21)4-7-18/h2-7,14,17H,8-13H2,1H3,(H,25,26)/p-1. The predicted molar refractivity (Wildman–Crippen MR) is 105 cm³/mol. The summed E-state index contributed by atoms with van der Waals surface area (Å²) >= 11 is -2.49. The van der Waals surface area contributed by atoms with E-state index in [9.17, 15) is 13.2 Å². The van der Waals surface area contributed by atoms with Crippen molar-refractivity contribution in [3.8, 4) is 0 Å². The van der Waals surface area contributed by atoms with Gasteiger partial charge in [0, 0.05) is 18.3 Å². The van der Waals surface area contributed by atoms with E-state index < -0.39 is 17.1 Å². The van der Waals surface area contributed by atoms with E-state index in [0.717, 1.165) is 44.6 Å². The summed E-state index contributed by atoms with van der Waals surface area (Å²) < 4.78 is 38.3. The number of rotatable bonds is 4. The summed E-state index contributed by atoms with van der Waals surface area (Å²) in [6.07, 6.45) is 3.23. The number of benzene rings is 2. The molecule has 0 aromatic heterocycles. The molecule has 2 aliphatic heterocycles. The summed E-state index contributed by atoms with van der Waals surface area (Å²) in [5.74, 6) is -0.391. The Morgan fingerprint density at radius 2 is 1.74 bits per heavy atom. The van der Waals surface area contributed by atoms with Crippen LogP contribution in [-0.4, -0.2) is 46.4 Å². The quantitative estimate of drug-likeness (QED) is 0.755. The van der Waals surface area contributed by atoms with Gasteiger partial charge in [0.15, 0.2) is 0 Å². The number of anilines is 3. The summed E-state index contributed by atoms with van der Waals surface area (Å²) in [6.45, 7) is 3.15. The molecule has 2 heterocycles. The Labute approximate surface area is 161 Å². The molecule has 2 aliphatic rings. The second kappa shape index (κ2) is 7.58. The van der Waals surface area contributed by atoms with Gasteiger partial charge in [-0.1, -0.05) is 6.07 Å². The van der Waals surface area contributed by atoms with Crippen LogP contribution in [0, 0.1) is 5.82 Å². The minimum Gasteiger partial charge on any atom is -0.755 e. The van der Waals surface area contributed by atoms with Gasteiger partial charge in [-0.2, -0.15) is 0 Å². The number of nitrogens with zero attached hydrogens (tertiary/aromatic N) is 3. The van der Waals surface area contributed by atoms with Gasteiger partial charge in [0.25, 0.3) is 0 Å². The first-order valence-corrected chi connectivity index (χ1v) is 10.3. The molecule has 1 saturated heterocycles. The fourth-order valence-corrected chi connectivity index (χ4v) is 4.68. The number of hydrogen-bond acceptors (Lipinski definition) is 4.